The number of fused-ring (bicyclic) bond motifs is 1. The Morgan fingerprint density at radius 1 is 0.889 bits per heavy atom. The molecule has 1 heterocycles. The van der Waals surface area contributed by atoms with E-state index >= 15 is 0 Å². The Morgan fingerprint density at radius 2 is 1.72 bits per heavy atom. The van der Waals surface area contributed by atoms with Crippen LogP contribution in [0.3, 0.4) is 0 Å². The average molecular weight is 231 g/mol. The number of aromatic nitrogens is 1. The first-order chi connectivity index (χ1) is 8.86. The van der Waals surface area contributed by atoms with Gasteiger partial charge in [0.25, 0.3) is 0 Å². The van der Waals surface area contributed by atoms with Gasteiger partial charge in [0, 0.05) is 10.9 Å². The van der Waals surface area contributed by atoms with Gasteiger partial charge in [-0.25, -0.2) is 4.98 Å². The molecular weight excluding hydrogens is 218 g/mol. The maximum Gasteiger partial charge on any atom is 0.0709 e. The van der Waals surface area contributed by atoms with Crippen molar-refractivity contribution >= 4 is 17.0 Å². The molecule has 0 fully saturated rings. The van der Waals surface area contributed by atoms with E-state index in [2.05, 4.69) is 41.9 Å². The molecule has 3 aromatic rings. The Balaban J connectivity index is 2.15. The van der Waals surface area contributed by atoms with Gasteiger partial charge in [-0.2, -0.15) is 0 Å². The molecule has 86 valence electrons. The molecule has 1 heteroatoms. The van der Waals surface area contributed by atoms with E-state index in [1.165, 1.54) is 0 Å². The molecule has 3 rings (SSSR count). The number of rotatable bonds is 2. The first-order valence-corrected chi connectivity index (χ1v) is 5.95. The molecule has 0 radical (unpaired) electrons. The zero-order valence-electron chi connectivity index (χ0n) is 10.0. The van der Waals surface area contributed by atoms with Crippen molar-refractivity contribution in [2.45, 2.75) is 0 Å². The molecule has 1 nitrogen and oxygen atoms in total. The topological polar surface area (TPSA) is 12.9 Å². The van der Waals surface area contributed by atoms with Crippen LogP contribution in [0.15, 0.2) is 67.2 Å². The number of pyridine rings is 1. The summed E-state index contributed by atoms with van der Waals surface area (Å²) in [6, 6.07) is 20.6. The van der Waals surface area contributed by atoms with E-state index in [1.54, 1.807) is 0 Å². The van der Waals surface area contributed by atoms with Gasteiger partial charge in [0.15, 0.2) is 0 Å². The molecule has 2 aromatic carbocycles. The van der Waals surface area contributed by atoms with Gasteiger partial charge in [0.1, 0.15) is 0 Å². The van der Waals surface area contributed by atoms with Gasteiger partial charge in [0.05, 0.1) is 11.2 Å². The molecule has 1 aromatic heterocycles. The predicted octanol–water partition coefficient (Wildman–Crippen LogP) is 4.54. The fourth-order valence-corrected chi connectivity index (χ4v) is 2.04. The van der Waals surface area contributed by atoms with Crippen LogP contribution in [-0.2, 0) is 0 Å². The first-order valence-electron chi connectivity index (χ1n) is 5.95. The van der Waals surface area contributed by atoms with Gasteiger partial charge in [0.2, 0.25) is 0 Å². The fraction of sp³-hybridized carbons (Fsp3) is 0. The van der Waals surface area contributed by atoms with E-state index in [-0.39, 0.29) is 0 Å². The van der Waals surface area contributed by atoms with E-state index in [4.69, 9.17) is 0 Å². The lowest BCUT2D eigenvalue weighted by atomic mass is 10.1. The summed E-state index contributed by atoms with van der Waals surface area (Å²) in [5.41, 5.74) is 4.29. The van der Waals surface area contributed by atoms with E-state index in [9.17, 15) is 0 Å². The van der Waals surface area contributed by atoms with Crippen LogP contribution in [0.4, 0.5) is 0 Å². The lowest BCUT2D eigenvalue weighted by Gasteiger charge is -2.04. The van der Waals surface area contributed by atoms with Crippen LogP contribution < -0.4 is 0 Å². The van der Waals surface area contributed by atoms with E-state index in [0.717, 1.165) is 27.7 Å². The number of benzene rings is 2. The molecule has 0 saturated heterocycles. The molecule has 0 amide bonds. The maximum atomic E-state index is 4.69. The van der Waals surface area contributed by atoms with Crippen molar-refractivity contribution in [1.82, 2.24) is 4.98 Å². The van der Waals surface area contributed by atoms with Gasteiger partial charge in [-0.3, -0.25) is 0 Å². The molecular formula is C17H13N. The molecule has 0 bridgehead atoms. The third kappa shape index (κ3) is 1.91. The normalized spacial score (nSPS) is 10.4. The fourth-order valence-electron chi connectivity index (χ4n) is 2.04. The molecule has 0 aliphatic carbocycles. The van der Waals surface area contributed by atoms with Gasteiger partial charge in [-0.1, -0.05) is 55.1 Å². The van der Waals surface area contributed by atoms with Crippen molar-refractivity contribution in [3.63, 3.8) is 0 Å². The van der Waals surface area contributed by atoms with E-state index in [1.807, 2.05) is 36.4 Å². The summed E-state index contributed by atoms with van der Waals surface area (Å²) in [5, 5.41) is 1.15. The van der Waals surface area contributed by atoms with Crippen LogP contribution in [0.25, 0.3) is 28.2 Å². The number of nitrogens with zero attached hydrogens (tertiary/aromatic N) is 1. The minimum atomic E-state index is 1.01. The van der Waals surface area contributed by atoms with Crippen LogP contribution in [0.1, 0.15) is 5.56 Å². The van der Waals surface area contributed by atoms with Crippen molar-refractivity contribution in [3.8, 4) is 11.3 Å². The van der Waals surface area contributed by atoms with Crippen molar-refractivity contribution in [3.05, 3.63) is 72.8 Å². The maximum absolute atomic E-state index is 4.69. The quantitative estimate of drug-likeness (QED) is 0.630. The van der Waals surface area contributed by atoms with Crippen molar-refractivity contribution in [2.75, 3.05) is 0 Å². The highest BCUT2D eigenvalue weighted by Crippen LogP contribution is 2.21. The molecule has 0 spiro atoms. The summed E-state index contributed by atoms with van der Waals surface area (Å²) in [5.74, 6) is 0. The van der Waals surface area contributed by atoms with Crippen LogP contribution in [0.2, 0.25) is 0 Å². The Bertz CT molecular complexity index is 699. The minimum absolute atomic E-state index is 1.01. The summed E-state index contributed by atoms with van der Waals surface area (Å²) < 4.78 is 0. The summed E-state index contributed by atoms with van der Waals surface area (Å²) in [4.78, 5) is 4.69. The van der Waals surface area contributed by atoms with E-state index in [0.29, 0.717) is 0 Å². The second kappa shape index (κ2) is 4.46. The van der Waals surface area contributed by atoms with Gasteiger partial charge < -0.3 is 0 Å². The van der Waals surface area contributed by atoms with Gasteiger partial charge in [-0.05, 0) is 23.8 Å². The lowest BCUT2D eigenvalue weighted by molar-refractivity contribution is 1.40. The zero-order chi connectivity index (χ0) is 12.4. The summed E-state index contributed by atoms with van der Waals surface area (Å²) >= 11 is 0. The second-order valence-corrected chi connectivity index (χ2v) is 4.22. The monoisotopic (exact) mass is 231 g/mol. The van der Waals surface area contributed by atoms with Crippen molar-refractivity contribution < 1.29 is 0 Å². The Hall–Kier alpha value is -2.41. The zero-order valence-corrected chi connectivity index (χ0v) is 10.0. The van der Waals surface area contributed by atoms with Gasteiger partial charge in [-0.15, -0.1) is 0 Å². The third-order valence-electron chi connectivity index (χ3n) is 3.02. The molecule has 0 atom stereocenters. The summed E-state index contributed by atoms with van der Waals surface area (Å²) in [6.07, 6.45) is 1.85. The predicted molar refractivity (Wildman–Crippen MR) is 77.3 cm³/mol. The average Bonchev–Trinajstić information content (AvgIpc) is 2.47. The Morgan fingerprint density at radius 3 is 2.50 bits per heavy atom. The SMILES string of the molecule is C=Cc1ccc2nc(-c3ccccc3)ccc2c1. The lowest BCUT2D eigenvalue weighted by Crippen LogP contribution is -1.85. The van der Waals surface area contributed by atoms with Crippen LogP contribution in [-0.4, -0.2) is 4.98 Å². The minimum Gasteiger partial charge on any atom is -0.248 e. The molecule has 0 unspecified atom stereocenters. The smallest absolute Gasteiger partial charge is 0.0709 e. The van der Waals surface area contributed by atoms with Crippen molar-refractivity contribution in [2.24, 2.45) is 0 Å². The Kier molecular flexibility index (Phi) is 2.66. The van der Waals surface area contributed by atoms with Crippen LogP contribution in [0.5, 0.6) is 0 Å². The molecule has 0 aliphatic heterocycles. The largest absolute Gasteiger partial charge is 0.248 e. The van der Waals surface area contributed by atoms with E-state index < -0.39 is 0 Å². The Labute approximate surface area is 106 Å². The van der Waals surface area contributed by atoms with Gasteiger partial charge >= 0.3 is 0 Å². The second-order valence-electron chi connectivity index (χ2n) is 4.22. The van der Waals surface area contributed by atoms with Crippen LogP contribution >= 0.6 is 0 Å². The summed E-state index contributed by atoms with van der Waals surface area (Å²) in [7, 11) is 0. The standard InChI is InChI=1S/C17H13N/c1-2-13-8-10-17-15(12-13)9-11-16(18-17)14-6-4-3-5-7-14/h2-12H,1H2. The molecule has 18 heavy (non-hydrogen) atoms. The summed E-state index contributed by atoms with van der Waals surface area (Å²) in [6.45, 7) is 3.78. The molecule has 0 saturated carbocycles. The number of hydrogen-bond donors (Lipinski definition) is 0. The number of hydrogen-bond acceptors (Lipinski definition) is 1. The first kappa shape index (κ1) is 10.7. The molecule has 0 aliphatic rings. The van der Waals surface area contributed by atoms with Crippen molar-refractivity contribution in [1.29, 1.82) is 0 Å². The highest BCUT2D eigenvalue weighted by atomic mass is 14.7. The third-order valence-corrected chi connectivity index (χ3v) is 3.02. The highest BCUT2D eigenvalue weighted by molar-refractivity contribution is 5.83. The highest BCUT2D eigenvalue weighted by Gasteiger charge is 2.01. The molecule has 0 N–H and O–H groups in total. The van der Waals surface area contributed by atoms with Crippen LogP contribution in [0, 0.1) is 0 Å².